The Kier molecular flexibility index (Phi) is 7.04. The molecule has 1 heterocycles. The van der Waals surface area contributed by atoms with Gasteiger partial charge in [-0.05, 0) is 67.3 Å². The van der Waals surface area contributed by atoms with Crippen molar-refractivity contribution < 1.29 is 14.7 Å². The van der Waals surface area contributed by atoms with Gasteiger partial charge in [-0.25, -0.2) is 0 Å². The third kappa shape index (κ3) is 6.06. The quantitative estimate of drug-likeness (QED) is 0.803. The number of aliphatic carboxylic acids is 1. The maximum absolute atomic E-state index is 12.2. The molecule has 27 heavy (non-hydrogen) atoms. The first-order valence-electron chi connectivity index (χ1n) is 9.90. The van der Waals surface area contributed by atoms with E-state index in [1.807, 2.05) is 4.90 Å². The number of likely N-dealkylation sites (tertiary alicyclic amines) is 1. The summed E-state index contributed by atoms with van der Waals surface area (Å²) in [4.78, 5) is 25.3. The van der Waals surface area contributed by atoms with Crippen molar-refractivity contribution in [1.82, 2.24) is 10.2 Å². The molecule has 2 N–H and O–H groups in total. The van der Waals surface area contributed by atoms with Gasteiger partial charge in [-0.15, -0.1) is 0 Å². The van der Waals surface area contributed by atoms with Gasteiger partial charge in [0.2, 0.25) is 5.91 Å². The highest BCUT2D eigenvalue weighted by molar-refractivity contribution is 5.78. The predicted octanol–water partition coefficient (Wildman–Crippen LogP) is 3.06. The van der Waals surface area contributed by atoms with E-state index in [0.717, 1.165) is 19.4 Å². The molecule has 1 aromatic carbocycles. The zero-order chi connectivity index (χ0) is 20.2. The molecule has 1 fully saturated rings. The van der Waals surface area contributed by atoms with E-state index in [1.54, 1.807) is 0 Å². The van der Waals surface area contributed by atoms with Gasteiger partial charge in [0.05, 0.1) is 12.5 Å². The number of hydrogen-bond donors (Lipinski definition) is 2. The molecule has 1 aliphatic rings. The van der Waals surface area contributed by atoms with Gasteiger partial charge >= 0.3 is 5.97 Å². The van der Waals surface area contributed by atoms with Crippen LogP contribution < -0.4 is 5.32 Å². The second kappa shape index (κ2) is 8.87. The number of aryl methyl sites for hydroxylation is 2. The number of nitrogens with zero attached hydrogens (tertiary/aromatic N) is 1. The third-order valence-corrected chi connectivity index (χ3v) is 5.48. The van der Waals surface area contributed by atoms with E-state index in [1.165, 1.54) is 22.3 Å². The van der Waals surface area contributed by atoms with Gasteiger partial charge in [0.1, 0.15) is 0 Å². The third-order valence-electron chi connectivity index (χ3n) is 5.48. The molecular weight excluding hydrogens is 340 g/mol. The van der Waals surface area contributed by atoms with Gasteiger partial charge in [0, 0.05) is 13.1 Å². The Labute approximate surface area is 163 Å². The van der Waals surface area contributed by atoms with Crippen LogP contribution in [0.25, 0.3) is 0 Å². The fourth-order valence-electron chi connectivity index (χ4n) is 3.81. The normalized spacial score (nSPS) is 18.3. The van der Waals surface area contributed by atoms with E-state index in [2.05, 4.69) is 52.1 Å². The van der Waals surface area contributed by atoms with Crippen LogP contribution >= 0.6 is 0 Å². The van der Waals surface area contributed by atoms with Crippen molar-refractivity contribution in [2.24, 2.45) is 5.92 Å². The van der Waals surface area contributed by atoms with E-state index < -0.39 is 5.97 Å². The number of benzene rings is 1. The van der Waals surface area contributed by atoms with Crippen molar-refractivity contribution in [1.29, 1.82) is 0 Å². The van der Waals surface area contributed by atoms with Crippen LogP contribution in [-0.2, 0) is 21.4 Å². The van der Waals surface area contributed by atoms with Crippen molar-refractivity contribution in [3.8, 4) is 0 Å². The van der Waals surface area contributed by atoms with E-state index in [4.69, 9.17) is 5.11 Å². The fourth-order valence-corrected chi connectivity index (χ4v) is 3.81. The molecule has 0 aliphatic carbocycles. The van der Waals surface area contributed by atoms with Crippen molar-refractivity contribution in [2.45, 2.75) is 59.3 Å². The lowest BCUT2D eigenvalue weighted by Gasteiger charge is -2.29. The monoisotopic (exact) mass is 374 g/mol. The van der Waals surface area contributed by atoms with Crippen LogP contribution in [0.1, 0.15) is 55.9 Å². The molecule has 0 bridgehead atoms. The minimum atomic E-state index is -0.759. The Morgan fingerprint density at radius 3 is 2.41 bits per heavy atom. The topological polar surface area (TPSA) is 69.6 Å². The first kappa shape index (κ1) is 21.4. The highest BCUT2D eigenvalue weighted by Gasteiger charge is 2.26. The highest BCUT2D eigenvalue weighted by atomic mass is 16.4. The number of piperidine rings is 1. The number of carbonyl (C=O) groups excluding carboxylic acids is 1. The number of hydrogen-bond acceptors (Lipinski definition) is 3. The zero-order valence-corrected chi connectivity index (χ0v) is 17.4. The largest absolute Gasteiger partial charge is 0.481 e. The first-order chi connectivity index (χ1) is 12.6. The summed E-state index contributed by atoms with van der Waals surface area (Å²) in [7, 11) is 0. The number of carbonyl (C=O) groups is 2. The van der Waals surface area contributed by atoms with Crippen LogP contribution in [-0.4, -0.2) is 48.1 Å². The molecule has 5 nitrogen and oxygen atoms in total. The molecule has 2 rings (SSSR count). The Balaban J connectivity index is 1.85. The summed E-state index contributed by atoms with van der Waals surface area (Å²) in [5.41, 5.74) is 5.31. The molecule has 1 aromatic rings. The van der Waals surface area contributed by atoms with Gasteiger partial charge in [0.15, 0.2) is 0 Å². The lowest BCUT2D eigenvalue weighted by Crippen LogP contribution is -2.44. The Morgan fingerprint density at radius 1 is 1.22 bits per heavy atom. The number of amides is 1. The van der Waals surface area contributed by atoms with E-state index in [9.17, 15) is 9.59 Å². The van der Waals surface area contributed by atoms with Gasteiger partial charge in [-0.3, -0.25) is 14.5 Å². The van der Waals surface area contributed by atoms with Crippen LogP contribution in [0.3, 0.4) is 0 Å². The maximum atomic E-state index is 12.2. The second-order valence-electron chi connectivity index (χ2n) is 8.85. The fraction of sp³-hybridized carbons (Fsp3) is 0.636. The minimum Gasteiger partial charge on any atom is -0.481 e. The van der Waals surface area contributed by atoms with Crippen LogP contribution in [0.15, 0.2) is 12.1 Å². The SMILES string of the molecule is Cc1cc(C(C)(C)C)cc(C)c1CCNC(=O)CN1CCCC(C(=O)O)C1. The standard InChI is InChI=1S/C22H34N2O3/c1-15-11-18(22(3,4)5)12-16(2)19(15)8-9-23-20(25)14-24-10-6-7-17(13-24)21(26)27/h11-12,17H,6-10,13-14H2,1-5H3,(H,23,25)(H,26,27). The lowest BCUT2D eigenvalue weighted by molar-refractivity contribution is -0.144. The summed E-state index contributed by atoms with van der Waals surface area (Å²) in [5.74, 6) is -1.13. The van der Waals surface area contributed by atoms with E-state index in [-0.39, 0.29) is 23.8 Å². The summed E-state index contributed by atoms with van der Waals surface area (Å²) in [5, 5.41) is 12.1. The van der Waals surface area contributed by atoms with Crippen molar-refractivity contribution in [3.05, 3.63) is 34.4 Å². The minimum absolute atomic E-state index is 0.0253. The maximum Gasteiger partial charge on any atom is 0.307 e. The van der Waals surface area contributed by atoms with Crippen LogP contribution in [0.5, 0.6) is 0 Å². The van der Waals surface area contributed by atoms with Crippen molar-refractivity contribution >= 4 is 11.9 Å². The lowest BCUT2D eigenvalue weighted by atomic mass is 9.83. The Morgan fingerprint density at radius 2 is 1.85 bits per heavy atom. The smallest absolute Gasteiger partial charge is 0.307 e. The van der Waals surface area contributed by atoms with E-state index in [0.29, 0.717) is 19.5 Å². The summed E-state index contributed by atoms with van der Waals surface area (Å²) >= 11 is 0. The van der Waals surface area contributed by atoms with Crippen LogP contribution in [0.4, 0.5) is 0 Å². The molecule has 1 aliphatic heterocycles. The van der Waals surface area contributed by atoms with Gasteiger partial charge in [0.25, 0.3) is 0 Å². The zero-order valence-electron chi connectivity index (χ0n) is 17.4. The highest BCUT2D eigenvalue weighted by Crippen LogP contribution is 2.27. The Bertz CT molecular complexity index is 668. The molecule has 1 atom stereocenters. The predicted molar refractivity (Wildman–Crippen MR) is 108 cm³/mol. The molecule has 0 saturated carbocycles. The molecule has 150 valence electrons. The number of carboxylic acid groups (broad SMARTS) is 1. The summed E-state index contributed by atoms with van der Waals surface area (Å²) in [6.07, 6.45) is 2.35. The molecule has 1 saturated heterocycles. The first-order valence-corrected chi connectivity index (χ1v) is 9.90. The average Bonchev–Trinajstić information content (AvgIpc) is 2.56. The van der Waals surface area contributed by atoms with Gasteiger partial charge < -0.3 is 10.4 Å². The number of nitrogens with one attached hydrogen (secondary N) is 1. The van der Waals surface area contributed by atoms with Crippen molar-refractivity contribution in [3.63, 3.8) is 0 Å². The molecule has 1 unspecified atom stereocenters. The summed E-state index contributed by atoms with van der Waals surface area (Å²) < 4.78 is 0. The van der Waals surface area contributed by atoms with Gasteiger partial charge in [-0.1, -0.05) is 32.9 Å². The second-order valence-corrected chi connectivity index (χ2v) is 8.85. The van der Waals surface area contributed by atoms with Crippen LogP contribution in [0.2, 0.25) is 0 Å². The van der Waals surface area contributed by atoms with Crippen LogP contribution in [0, 0.1) is 19.8 Å². The van der Waals surface area contributed by atoms with E-state index >= 15 is 0 Å². The average molecular weight is 375 g/mol. The van der Waals surface area contributed by atoms with Crippen molar-refractivity contribution in [2.75, 3.05) is 26.2 Å². The van der Waals surface area contributed by atoms with Gasteiger partial charge in [-0.2, -0.15) is 0 Å². The number of rotatable bonds is 6. The summed E-state index contributed by atoms with van der Waals surface area (Å²) in [6, 6.07) is 4.51. The number of carboxylic acids is 1. The molecule has 5 heteroatoms. The molecular formula is C22H34N2O3. The molecule has 0 radical (unpaired) electrons. The molecule has 1 amide bonds. The summed E-state index contributed by atoms with van der Waals surface area (Å²) in [6.45, 7) is 13.1. The molecule has 0 spiro atoms. The molecule has 0 aromatic heterocycles. The Hall–Kier alpha value is -1.88.